The number of benzene rings is 3. The molecular weight excluding hydrogens is 362 g/mol. The van der Waals surface area contributed by atoms with E-state index in [9.17, 15) is 13.2 Å². The zero-order valence-electron chi connectivity index (χ0n) is 14.8. The van der Waals surface area contributed by atoms with E-state index < -0.39 is 16.0 Å². The van der Waals surface area contributed by atoms with Crippen molar-refractivity contribution in [2.24, 2.45) is 0 Å². The smallest absolute Gasteiger partial charge is 0.339 e. The minimum absolute atomic E-state index is 0.00654. The van der Waals surface area contributed by atoms with Gasteiger partial charge >= 0.3 is 5.97 Å². The van der Waals surface area contributed by atoms with Gasteiger partial charge in [-0.05, 0) is 41.8 Å². The molecule has 0 aliphatic heterocycles. The fraction of sp³-hybridized carbons (Fsp3) is 0.0952. The molecule has 5 nitrogen and oxygen atoms in total. The van der Waals surface area contributed by atoms with E-state index in [1.165, 1.54) is 19.2 Å². The lowest BCUT2D eigenvalue weighted by Gasteiger charge is -2.12. The molecule has 0 aliphatic rings. The highest BCUT2D eigenvalue weighted by Gasteiger charge is 2.22. The lowest BCUT2D eigenvalue weighted by Crippen LogP contribution is -2.17. The van der Waals surface area contributed by atoms with Crippen molar-refractivity contribution >= 4 is 21.7 Å². The number of rotatable bonds is 6. The first-order chi connectivity index (χ1) is 13.0. The predicted octanol–water partition coefficient (Wildman–Crippen LogP) is 3.86. The van der Waals surface area contributed by atoms with Crippen LogP contribution in [0.1, 0.15) is 21.5 Å². The van der Waals surface area contributed by atoms with Gasteiger partial charge in [0, 0.05) is 5.69 Å². The first kappa shape index (κ1) is 18.7. The molecule has 0 saturated carbocycles. The van der Waals surface area contributed by atoms with Crippen molar-refractivity contribution in [3.8, 4) is 0 Å². The van der Waals surface area contributed by atoms with Gasteiger partial charge in [-0.1, -0.05) is 54.6 Å². The van der Waals surface area contributed by atoms with Crippen LogP contribution in [-0.4, -0.2) is 21.5 Å². The summed E-state index contributed by atoms with van der Waals surface area (Å²) in [5, 5.41) is 0. The van der Waals surface area contributed by atoms with E-state index in [1.54, 1.807) is 30.3 Å². The number of hydrogen-bond donors (Lipinski definition) is 1. The van der Waals surface area contributed by atoms with Gasteiger partial charge in [0.15, 0.2) is 0 Å². The topological polar surface area (TPSA) is 72.5 Å². The lowest BCUT2D eigenvalue weighted by atomic mass is 10.0. The highest BCUT2D eigenvalue weighted by atomic mass is 32.2. The third-order valence-corrected chi connectivity index (χ3v) is 5.45. The molecule has 0 aliphatic carbocycles. The Morgan fingerprint density at radius 1 is 0.889 bits per heavy atom. The molecule has 6 heteroatoms. The highest BCUT2D eigenvalue weighted by molar-refractivity contribution is 7.92. The predicted molar refractivity (Wildman–Crippen MR) is 104 cm³/mol. The second-order valence-corrected chi connectivity index (χ2v) is 7.61. The molecule has 0 saturated heterocycles. The maximum absolute atomic E-state index is 12.8. The second kappa shape index (κ2) is 8.05. The molecule has 3 aromatic rings. The van der Waals surface area contributed by atoms with Gasteiger partial charge in [-0.25, -0.2) is 13.2 Å². The van der Waals surface area contributed by atoms with Crippen molar-refractivity contribution in [2.45, 2.75) is 11.3 Å². The molecule has 0 atom stereocenters. The molecule has 138 valence electrons. The van der Waals surface area contributed by atoms with Crippen molar-refractivity contribution in [3.05, 3.63) is 95.6 Å². The fourth-order valence-corrected chi connectivity index (χ4v) is 4.01. The number of carbonyl (C=O) groups is 1. The summed E-state index contributed by atoms with van der Waals surface area (Å²) < 4.78 is 32.8. The van der Waals surface area contributed by atoms with Crippen LogP contribution in [0.25, 0.3) is 0 Å². The Hall–Kier alpha value is -3.12. The number of methoxy groups -OCH3 is 1. The number of esters is 1. The molecular formula is C21H19NO4S. The Bertz CT molecular complexity index is 1050. The standard InChI is InChI=1S/C21H19NO4S/c1-26-21(23)19-12-5-6-13-20(19)27(24,25)22-18-11-7-10-17(15-18)14-16-8-3-2-4-9-16/h2-13,15,22H,14H2,1H3. The van der Waals surface area contributed by atoms with Gasteiger partial charge < -0.3 is 4.74 Å². The number of ether oxygens (including phenoxy) is 1. The maximum atomic E-state index is 12.8. The van der Waals surface area contributed by atoms with E-state index >= 15 is 0 Å². The summed E-state index contributed by atoms with van der Waals surface area (Å²) in [6.45, 7) is 0. The van der Waals surface area contributed by atoms with Crippen LogP contribution in [0, 0.1) is 0 Å². The summed E-state index contributed by atoms with van der Waals surface area (Å²) in [6.07, 6.45) is 0.690. The number of sulfonamides is 1. The molecule has 0 heterocycles. The third-order valence-electron chi connectivity index (χ3n) is 4.01. The van der Waals surface area contributed by atoms with E-state index in [2.05, 4.69) is 9.46 Å². The van der Waals surface area contributed by atoms with Crippen LogP contribution in [0.4, 0.5) is 5.69 Å². The van der Waals surface area contributed by atoms with Crippen molar-refractivity contribution in [1.29, 1.82) is 0 Å². The van der Waals surface area contributed by atoms with Crippen LogP contribution in [0.3, 0.4) is 0 Å². The maximum Gasteiger partial charge on any atom is 0.339 e. The monoisotopic (exact) mass is 381 g/mol. The zero-order valence-corrected chi connectivity index (χ0v) is 15.6. The van der Waals surface area contributed by atoms with Crippen LogP contribution in [-0.2, 0) is 21.2 Å². The molecule has 27 heavy (non-hydrogen) atoms. The molecule has 3 aromatic carbocycles. The normalized spacial score (nSPS) is 11.0. The number of carbonyl (C=O) groups excluding carboxylic acids is 1. The van der Waals surface area contributed by atoms with Gasteiger partial charge in [-0.2, -0.15) is 0 Å². The van der Waals surface area contributed by atoms with Gasteiger partial charge in [-0.15, -0.1) is 0 Å². The second-order valence-electron chi connectivity index (χ2n) is 5.96. The Morgan fingerprint density at radius 3 is 2.30 bits per heavy atom. The van der Waals surface area contributed by atoms with E-state index in [0.29, 0.717) is 12.1 Å². The van der Waals surface area contributed by atoms with Gasteiger partial charge in [0.2, 0.25) is 0 Å². The molecule has 0 bridgehead atoms. The van der Waals surface area contributed by atoms with Gasteiger partial charge in [-0.3, -0.25) is 4.72 Å². The van der Waals surface area contributed by atoms with Crippen LogP contribution in [0.2, 0.25) is 0 Å². The Labute approximate surface area is 158 Å². The minimum Gasteiger partial charge on any atom is -0.465 e. The van der Waals surface area contributed by atoms with Crippen molar-refractivity contribution in [1.82, 2.24) is 0 Å². The summed E-state index contributed by atoms with van der Waals surface area (Å²) in [5.41, 5.74) is 2.53. The van der Waals surface area contributed by atoms with Crippen molar-refractivity contribution in [2.75, 3.05) is 11.8 Å². The number of nitrogens with one attached hydrogen (secondary N) is 1. The number of anilines is 1. The van der Waals surface area contributed by atoms with E-state index in [0.717, 1.165) is 11.1 Å². The summed E-state index contributed by atoms with van der Waals surface area (Å²) in [7, 11) is -2.73. The Morgan fingerprint density at radius 2 is 1.56 bits per heavy atom. The fourth-order valence-electron chi connectivity index (χ4n) is 2.77. The summed E-state index contributed by atoms with van der Waals surface area (Å²) in [4.78, 5) is 11.8. The largest absolute Gasteiger partial charge is 0.465 e. The average molecular weight is 381 g/mol. The average Bonchev–Trinajstić information content (AvgIpc) is 2.68. The van der Waals surface area contributed by atoms with Gasteiger partial charge in [0.05, 0.1) is 12.7 Å². The first-order valence-electron chi connectivity index (χ1n) is 8.32. The molecule has 0 amide bonds. The Kier molecular flexibility index (Phi) is 5.57. The molecule has 1 N–H and O–H groups in total. The third kappa shape index (κ3) is 4.54. The first-order valence-corrected chi connectivity index (χ1v) is 9.81. The summed E-state index contributed by atoms with van der Waals surface area (Å²) in [6, 6.07) is 23.1. The zero-order chi connectivity index (χ0) is 19.3. The molecule has 0 radical (unpaired) electrons. The molecule has 3 rings (SSSR count). The van der Waals surface area contributed by atoms with Crippen LogP contribution >= 0.6 is 0 Å². The van der Waals surface area contributed by atoms with Crippen molar-refractivity contribution < 1.29 is 17.9 Å². The molecule has 0 unspecified atom stereocenters. The lowest BCUT2D eigenvalue weighted by molar-refractivity contribution is 0.0596. The Balaban J connectivity index is 1.87. The molecule has 0 aromatic heterocycles. The van der Waals surface area contributed by atoms with E-state index in [4.69, 9.17) is 0 Å². The minimum atomic E-state index is -3.94. The number of hydrogen-bond acceptors (Lipinski definition) is 4. The van der Waals surface area contributed by atoms with E-state index in [1.807, 2.05) is 36.4 Å². The highest BCUT2D eigenvalue weighted by Crippen LogP contribution is 2.22. The van der Waals surface area contributed by atoms with E-state index in [-0.39, 0.29) is 10.5 Å². The molecule has 0 spiro atoms. The summed E-state index contributed by atoms with van der Waals surface area (Å²) >= 11 is 0. The van der Waals surface area contributed by atoms with Crippen molar-refractivity contribution in [3.63, 3.8) is 0 Å². The quantitative estimate of drug-likeness (QED) is 0.658. The van der Waals surface area contributed by atoms with Crippen LogP contribution < -0.4 is 4.72 Å². The van der Waals surface area contributed by atoms with Crippen LogP contribution in [0.5, 0.6) is 0 Å². The van der Waals surface area contributed by atoms with Gasteiger partial charge in [0.25, 0.3) is 10.0 Å². The summed E-state index contributed by atoms with van der Waals surface area (Å²) in [5.74, 6) is -0.700. The van der Waals surface area contributed by atoms with Gasteiger partial charge in [0.1, 0.15) is 4.90 Å². The molecule has 0 fully saturated rings. The van der Waals surface area contributed by atoms with Crippen LogP contribution in [0.15, 0.2) is 83.8 Å². The SMILES string of the molecule is COC(=O)c1ccccc1S(=O)(=O)Nc1cccc(Cc2ccccc2)c1.